The van der Waals surface area contributed by atoms with Gasteiger partial charge in [-0.25, -0.2) is 0 Å². The summed E-state index contributed by atoms with van der Waals surface area (Å²) in [6.07, 6.45) is 1.45. The molecule has 1 saturated heterocycles. The van der Waals surface area contributed by atoms with Crippen LogP contribution in [0.1, 0.15) is 42.6 Å². The van der Waals surface area contributed by atoms with Crippen molar-refractivity contribution in [3.05, 3.63) is 29.3 Å². The highest BCUT2D eigenvalue weighted by Gasteiger charge is 2.11. The second-order valence-electron chi connectivity index (χ2n) is 7.38. The lowest BCUT2D eigenvalue weighted by atomic mass is 10.1. The fourth-order valence-electron chi connectivity index (χ4n) is 3.06. The third-order valence-electron chi connectivity index (χ3n) is 4.50. The topological polar surface area (TPSA) is 73.5 Å². The molecule has 2 amide bonds. The van der Waals surface area contributed by atoms with Crippen molar-refractivity contribution in [1.82, 2.24) is 15.5 Å². The Kier molecular flexibility index (Phi) is 10.4. The lowest BCUT2D eigenvalue weighted by Gasteiger charge is -2.27. The van der Waals surface area contributed by atoms with Gasteiger partial charge in [-0.3, -0.25) is 9.59 Å². The minimum absolute atomic E-state index is 0. The number of hydrogen-bond acceptors (Lipinski definition) is 4. The summed E-state index contributed by atoms with van der Waals surface area (Å²) < 4.78 is 0. The third-order valence-corrected chi connectivity index (χ3v) is 4.50. The van der Waals surface area contributed by atoms with Crippen molar-refractivity contribution in [1.29, 1.82) is 0 Å². The quantitative estimate of drug-likeness (QED) is 0.590. The minimum Gasteiger partial charge on any atom is -0.352 e. The van der Waals surface area contributed by atoms with Gasteiger partial charge >= 0.3 is 0 Å². The van der Waals surface area contributed by atoms with Crippen LogP contribution >= 0.6 is 12.4 Å². The SMILES string of the molecule is Cc1cc(C(=O)NCCCN2CCNCC2)ccc1NC(=O)CC(C)C.Cl. The van der Waals surface area contributed by atoms with E-state index in [4.69, 9.17) is 0 Å². The fraction of sp³-hybridized carbons (Fsp3) is 0.600. The predicted octanol–water partition coefficient (Wildman–Crippen LogP) is 2.43. The van der Waals surface area contributed by atoms with Crippen LogP contribution in [0.2, 0.25) is 0 Å². The van der Waals surface area contributed by atoms with Crippen molar-refractivity contribution in [2.75, 3.05) is 44.6 Å². The molecule has 6 nitrogen and oxygen atoms in total. The van der Waals surface area contributed by atoms with Gasteiger partial charge in [0.15, 0.2) is 0 Å². The number of amides is 2. The number of rotatable bonds is 8. The average Bonchev–Trinajstić information content (AvgIpc) is 2.60. The maximum Gasteiger partial charge on any atom is 0.251 e. The molecule has 1 aromatic rings. The Hall–Kier alpha value is -1.63. The Morgan fingerprint density at radius 3 is 2.56 bits per heavy atom. The van der Waals surface area contributed by atoms with E-state index in [2.05, 4.69) is 20.9 Å². The fourth-order valence-corrected chi connectivity index (χ4v) is 3.06. The van der Waals surface area contributed by atoms with E-state index in [9.17, 15) is 9.59 Å². The molecule has 2 rings (SSSR count). The number of hydrogen-bond donors (Lipinski definition) is 3. The van der Waals surface area contributed by atoms with Gasteiger partial charge in [-0.15, -0.1) is 12.4 Å². The minimum atomic E-state index is -0.0616. The summed E-state index contributed by atoms with van der Waals surface area (Å²) in [5.74, 6) is 0.267. The van der Waals surface area contributed by atoms with E-state index in [1.807, 2.05) is 32.9 Å². The molecule has 0 unspecified atom stereocenters. The Morgan fingerprint density at radius 1 is 1.22 bits per heavy atom. The number of aryl methyl sites for hydroxylation is 1. The van der Waals surface area contributed by atoms with Crippen LogP contribution in [0.3, 0.4) is 0 Å². The van der Waals surface area contributed by atoms with Crippen LogP contribution in [0.5, 0.6) is 0 Å². The molecule has 0 bridgehead atoms. The van der Waals surface area contributed by atoms with Gasteiger partial charge in [0, 0.05) is 50.4 Å². The molecule has 27 heavy (non-hydrogen) atoms. The molecule has 7 heteroatoms. The lowest BCUT2D eigenvalue weighted by Crippen LogP contribution is -2.44. The highest BCUT2D eigenvalue weighted by Crippen LogP contribution is 2.17. The Bertz CT molecular complexity index is 616. The average molecular weight is 397 g/mol. The summed E-state index contributed by atoms with van der Waals surface area (Å²) in [6.45, 7) is 11.9. The van der Waals surface area contributed by atoms with Gasteiger partial charge in [0.05, 0.1) is 0 Å². The van der Waals surface area contributed by atoms with Crippen LogP contribution in [0.15, 0.2) is 18.2 Å². The number of nitrogens with zero attached hydrogens (tertiary/aromatic N) is 1. The number of carbonyl (C=O) groups excluding carboxylic acids is 2. The molecule has 152 valence electrons. The number of benzene rings is 1. The van der Waals surface area contributed by atoms with Crippen molar-refractivity contribution in [3.8, 4) is 0 Å². The zero-order valence-corrected chi connectivity index (χ0v) is 17.5. The van der Waals surface area contributed by atoms with Gasteiger partial charge in [-0.1, -0.05) is 13.8 Å². The standard InChI is InChI=1S/C20H32N4O2.ClH/c1-15(2)13-19(25)23-18-6-5-17(14-16(18)3)20(26)22-7-4-10-24-11-8-21-9-12-24;/h5-6,14-15,21H,4,7-13H2,1-3H3,(H,22,26)(H,23,25);1H. The van der Waals surface area contributed by atoms with Gasteiger partial charge in [0.25, 0.3) is 5.91 Å². The molecular formula is C20H33ClN4O2. The van der Waals surface area contributed by atoms with Crippen molar-refractivity contribution < 1.29 is 9.59 Å². The summed E-state index contributed by atoms with van der Waals surface area (Å²) in [4.78, 5) is 26.6. The van der Waals surface area contributed by atoms with E-state index in [0.29, 0.717) is 24.4 Å². The van der Waals surface area contributed by atoms with Crippen LogP contribution in [0.4, 0.5) is 5.69 Å². The summed E-state index contributed by atoms with van der Waals surface area (Å²) in [5, 5.41) is 9.24. The number of piperazine rings is 1. The van der Waals surface area contributed by atoms with Gasteiger partial charge in [0.1, 0.15) is 0 Å². The predicted molar refractivity (Wildman–Crippen MR) is 113 cm³/mol. The van der Waals surface area contributed by atoms with E-state index in [1.54, 1.807) is 6.07 Å². The molecule has 1 fully saturated rings. The first-order valence-corrected chi connectivity index (χ1v) is 9.57. The van der Waals surface area contributed by atoms with E-state index >= 15 is 0 Å². The van der Waals surface area contributed by atoms with Gasteiger partial charge in [-0.2, -0.15) is 0 Å². The summed E-state index contributed by atoms with van der Waals surface area (Å²) in [7, 11) is 0. The molecule has 0 aliphatic carbocycles. The van der Waals surface area contributed by atoms with Gasteiger partial charge in [0.2, 0.25) is 5.91 Å². The van der Waals surface area contributed by atoms with Crippen molar-refractivity contribution in [2.24, 2.45) is 5.92 Å². The van der Waals surface area contributed by atoms with E-state index < -0.39 is 0 Å². The molecular weight excluding hydrogens is 364 g/mol. The number of nitrogens with one attached hydrogen (secondary N) is 3. The Labute approximate surface area is 168 Å². The second kappa shape index (κ2) is 12.0. The molecule has 0 radical (unpaired) electrons. The molecule has 0 atom stereocenters. The monoisotopic (exact) mass is 396 g/mol. The molecule has 1 aromatic carbocycles. The zero-order chi connectivity index (χ0) is 18.9. The first-order valence-electron chi connectivity index (χ1n) is 9.57. The maximum absolute atomic E-state index is 12.3. The molecule has 1 aliphatic heterocycles. The first-order chi connectivity index (χ1) is 12.5. The maximum atomic E-state index is 12.3. The molecule has 0 aromatic heterocycles. The van der Waals surface area contributed by atoms with E-state index in [0.717, 1.165) is 50.4 Å². The molecule has 0 spiro atoms. The first kappa shape index (κ1) is 23.4. The molecule has 1 heterocycles. The Balaban J connectivity index is 0.00000364. The molecule has 0 saturated carbocycles. The highest BCUT2D eigenvalue weighted by molar-refractivity contribution is 5.96. The Morgan fingerprint density at radius 2 is 1.93 bits per heavy atom. The van der Waals surface area contributed by atoms with E-state index in [1.165, 1.54) is 0 Å². The van der Waals surface area contributed by atoms with Crippen molar-refractivity contribution in [2.45, 2.75) is 33.6 Å². The van der Waals surface area contributed by atoms with Crippen LogP contribution in [0, 0.1) is 12.8 Å². The normalized spacial score (nSPS) is 14.5. The zero-order valence-electron chi connectivity index (χ0n) is 16.6. The number of anilines is 1. The van der Waals surface area contributed by atoms with Crippen LogP contribution < -0.4 is 16.0 Å². The molecule has 3 N–H and O–H groups in total. The van der Waals surface area contributed by atoms with Crippen LogP contribution in [0.25, 0.3) is 0 Å². The van der Waals surface area contributed by atoms with E-state index in [-0.39, 0.29) is 24.2 Å². The van der Waals surface area contributed by atoms with Gasteiger partial charge < -0.3 is 20.9 Å². The molecule has 1 aliphatic rings. The smallest absolute Gasteiger partial charge is 0.251 e. The third kappa shape index (κ3) is 8.28. The second-order valence-corrected chi connectivity index (χ2v) is 7.38. The summed E-state index contributed by atoms with van der Waals surface area (Å²) >= 11 is 0. The summed E-state index contributed by atoms with van der Waals surface area (Å²) in [6, 6.07) is 5.41. The van der Waals surface area contributed by atoms with Gasteiger partial charge in [-0.05, 0) is 49.6 Å². The summed E-state index contributed by atoms with van der Waals surface area (Å²) in [5.41, 5.74) is 2.30. The number of carbonyl (C=O) groups is 2. The van der Waals surface area contributed by atoms with Crippen LogP contribution in [-0.4, -0.2) is 56.0 Å². The van der Waals surface area contributed by atoms with Crippen molar-refractivity contribution >= 4 is 29.9 Å². The number of halogens is 1. The van der Waals surface area contributed by atoms with Crippen LogP contribution in [-0.2, 0) is 4.79 Å². The highest BCUT2D eigenvalue weighted by atomic mass is 35.5. The van der Waals surface area contributed by atoms with Crippen molar-refractivity contribution in [3.63, 3.8) is 0 Å². The lowest BCUT2D eigenvalue weighted by molar-refractivity contribution is -0.116. The largest absolute Gasteiger partial charge is 0.352 e.